The number of rotatable bonds is 3. The molecule has 2 aromatic rings. The fourth-order valence-corrected chi connectivity index (χ4v) is 2.86. The molecule has 0 unspecified atom stereocenters. The fourth-order valence-electron chi connectivity index (χ4n) is 2.86. The highest BCUT2D eigenvalue weighted by Crippen LogP contribution is 2.37. The van der Waals surface area contributed by atoms with E-state index in [2.05, 4.69) is 0 Å². The number of benzene rings is 2. The van der Waals surface area contributed by atoms with E-state index >= 15 is 0 Å². The Balaban J connectivity index is 1.85. The highest BCUT2D eigenvalue weighted by atomic mass is 19.4. The van der Waals surface area contributed by atoms with Crippen LogP contribution in [0.15, 0.2) is 42.5 Å². The Labute approximate surface area is 165 Å². The summed E-state index contributed by atoms with van der Waals surface area (Å²) in [6.45, 7) is 0. The summed E-state index contributed by atoms with van der Waals surface area (Å²) in [6.07, 6.45) is -9.98. The highest BCUT2D eigenvalue weighted by Gasteiger charge is 2.37. The number of hydrogen-bond donors (Lipinski definition) is 1. The summed E-state index contributed by atoms with van der Waals surface area (Å²) < 4.78 is 77.5. The van der Waals surface area contributed by atoms with Gasteiger partial charge in [0.05, 0.1) is 16.8 Å². The van der Waals surface area contributed by atoms with Gasteiger partial charge in [-0.15, -0.1) is 0 Å². The van der Waals surface area contributed by atoms with Crippen LogP contribution in [-0.2, 0) is 21.9 Å². The zero-order chi connectivity index (χ0) is 22.3. The van der Waals surface area contributed by atoms with Crippen LogP contribution in [0.4, 0.5) is 37.7 Å². The minimum atomic E-state index is -5.04. The first kappa shape index (κ1) is 21.3. The Hall–Kier alpha value is -3.37. The summed E-state index contributed by atoms with van der Waals surface area (Å²) in [5, 5.41) is 2.00. The summed E-state index contributed by atoms with van der Waals surface area (Å²) in [6, 6.07) is 5.69. The predicted molar refractivity (Wildman–Crippen MR) is 92.6 cm³/mol. The van der Waals surface area contributed by atoms with Crippen molar-refractivity contribution in [2.75, 3.05) is 10.2 Å². The quantitative estimate of drug-likeness (QED) is 0.571. The number of nitrogens with one attached hydrogen (secondary N) is 1. The Morgan fingerprint density at radius 3 is 1.70 bits per heavy atom. The number of carbonyl (C=O) groups excluding carboxylic acids is 3. The first-order valence-corrected chi connectivity index (χ1v) is 8.43. The van der Waals surface area contributed by atoms with Crippen LogP contribution in [0.2, 0.25) is 0 Å². The molecule has 0 atom stereocenters. The molecule has 1 saturated heterocycles. The first-order chi connectivity index (χ1) is 13.9. The topological polar surface area (TPSA) is 66.5 Å². The molecule has 1 aliphatic rings. The van der Waals surface area contributed by atoms with Crippen LogP contribution in [0.3, 0.4) is 0 Å². The summed E-state index contributed by atoms with van der Waals surface area (Å²) in [4.78, 5) is 36.6. The summed E-state index contributed by atoms with van der Waals surface area (Å²) >= 11 is 0. The van der Waals surface area contributed by atoms with Crippen LogP contribution < -0.4 is 10.2 Å². The van der Waals surface area contributed by atoms with Gasteiger partial charge in [-0.05, 0) is 42.5 Å². The van der Waals surface area contributed by atoms with Crippen molar-refractivity contribution in [2.24, 2.45) is 0 Å². The van der Waals surface area contributed by atoms with Gasteiger partial charge in [-0.25, -0.2) is 0 Å². The Morgan fingerprint density at radius 1 is 0.800 bits per heavy atom. The molecule has 0 aliphatic carbocycles. The molecule has 0 bridgehead atoms. The maximum Gasteiger partial charge on any atom is 0.416 e. The number of amides is 3. The SMILES string of the molecule is O=C(Nc1cc(C(F)(F)F)cc(C(F)(F)F)c1)c1ccc(N2C(=O)CCC2=O)cc1. The number of carbonyl (C=O) groups is 3. The standard InChI is InChI=1S/C19H12F6N2O3/c20-18(21,22)11-7-12(19(23,24)25)9-13(8-11)26-17(30)10-1-3-14(4-2-10)27-15(28)5-6-16(27)29/h1-4,7-9H,5-6H2,(H,26,30). The number of imide groups is 1. The average molecular weight is 430 g/mol. The highest BCUT2D eigenvalue weighted by molar-refractivity contribution is 6.20. The van der Waals surface area contributed by atoms with E-state index in [0.29, 0.717) is 12.1 Å². The fraction of sp³-hybridized carbons (Fsp3) is 0.211. The van der Waals surface area contributed by atoms with Crippen LogP contribution >= 0.6 is 0 Å². The molecule has 11 heteroatoms. The lowest BCUT2D eigenvalue weighted by atomic mass is 10.1. The van der Waals surface area contributed by atoms with Gasteiger partial charge in [0.1, 0.15) is 0 Å². The van der Waals surface area contributed by atoms with E-state index < -0.39 is 46.9 Å². The van der Waals surface area contributed by atoms with E-state index in [4.69, 9.17) is 0 Å². The number of alkyl halides is 6. The van der Waals surface area contributed by atoms with Gasteiger partial charge in [-0.1, -0.05) is 0 Å². The third kappa shape index (κ3) is 4.44. The molecular formula is C19H12F6N2O3. The van der Waals surface area contributed by atoms with Crippen molar-refractivity contribution in [3.05, 3.63) is 59.2 Å². The molecule has 158 valence electrons. The lowest BCUT2D eigenvalue weighted by Crippen LogP contribution is -2.28. The molecule has 0 radical (unpaired) electrons. The molecular weight excluding hydrogens is 418 g/mol. The first-order valence-electron chi connectivity index (χ1n) is 8.43. The molecule has 3 rings (SSSR count). The van der Waals surface area contributed by atoms with Crippen molar-refractivity contribution in [2.45, 2.75) is 25.2 Å². The van der Waals surface area contributed by atoms with E-state index in [9.17, 15) is 40.7 Å². The van der Waals surface area contributed by atoms with Crippen LogP contribution in [-0.4, -0.2) is 17.7 Å². The van der Waals surface area contributed by atoms with Crippen LogP contribution in [0.25, 0.3) is 0 Å². The van der Waals surface area contributed by atoms with Crippen molar-refractivity contribution in [1.29, 1.82) is 0 Å². The molecule has 1 N–H and O–H groups in total. The smallest absolute Gasteiger partial charge is 0.322 e. The molecule has 1 fully saturated rings. The summed E-state index contributed by atoms with van der Waals surface area (Å²) in [5.74, 6) is -1.80. The van der Waals surface area contributed by atoms with Crippen molar-refractivity contribution >= 4 is 29.1 Å². The molecule has 0 spiro atoms. The van der Waals surface area contributed by atoms with Gasteiger partial charge in [-0.2, -0.15) is 26.3 Å². The monoisotopic (exact) mass is 430 g/mol. The average Bonchev–Trinajstić information content (AvgIpc) is 2.98. The van der Waals surface area contributed by atoms with Gasteiger partial charge in [-0.3, -0.25) is 19.3 Å². The van der Waals surface area contributed by atoms with Gasteiger partial charge in [0.25, 0.3) is 5.91 Å². The molecule has 1 aliphatic heterocycles. The predicted octanol–water partition coefficient (Wildman–Crippen LogP) is 4.63. The van der Waals surface area contributed by atoms with E-state index in [0.717, 1.165) is 4.90 Å². The summed E-state index contributed by atoms with van der Waals surface area (Å²) in [7, 11) is 0. The molecule has 2 aromatic carbocycles. The second kappa shape index (κ2) is 7.47. The molecule has 1 heterocycles. The van der Waals surface area contributed by atoms with Crippen molar-refractivity contribution in [3.8, 4) is 0 Å². The Bertz CT molecular complexity index is 964. The second-order valence-corrected chi connectivity index (χ2v) is 6.42. The number of halogens is 6. The van der Waals surface area contributed by atoms with E-state index in [1.165, 1.54) is 24.3 Å². The van der Waals surface area contributed by atoms with E-state index in [1.54, 1.807) is 0 Å². The minimum absolute atomic E-state index is 0.0471. The number of anilines is 2. The maximum atomic E-state index is 12.9. The normalized spacial score (nSPS) is 14.9. The number of hydrogen-bond acceptors (Lipinski definition) is 3. The van der Waals surface area contributed by atoms with E-state index in [-0.39, 0.29) is 30.2 Å². The zero-order valence-electron chi connectivity index (χ0n) is 14.9. The molecule has 0 saturated carbocycles. The van der Waals surface area contributed by atoms with Crippen LogP contribution in [0.1, 0.15) is 34.3 Å². The summed E-state index contributed by atoms with van der Waals surface area (Å²) in [5.41, 5.74) is -3.69. The largest absolute Gasteiger partial charge is 0.416 e. The van der Waals surface area contributed by atoms with Gasteiger partial charge in [0, 0.05) is 24.1 Å². The Morgan fingerprint density at radius 2 is 1.27 bits per heavy atom. The zero-order valence-corrected chi connectivity index (χ0v) is 14.9. The number of nitrogens with zero attached hydrogens (tertiary/aromatic N) is 1. The van der Waals surface area contributed by atoms with Crippen molar-refractivity contribution in [3.63, 3.8) is 0 Å². The second-order valence-electron chi connectivity index (χ2n) is 6.42. The third-order valence-electron chi connectivity index (χ3n) is 4.28. The van der Waals surface area contributed by atoms with Gasteiger partial charge in [0.15, 0.2) is 0 Å². The Kier molecular flexibility index (Phi) is 5.31. The van der Waals surface area contributed by atoms with E-state index in [1.807, 2.05) is 5.32 Å². The minimum Gasteiger partial charge on any atom is -0.322 e. The maximum absolute atomic E-state index is 12.9. The third-order valence-corrected chi connectivity index (χ3v) is 4.28. The molecule has 3 amide bonds. The van der Waals surface area contributed by atoms with Crippen molar-refractivity contribution < 1.29 is 40.7 Å². The molecule has 5 nitrogen and oxygen atoms in total. The lowest BCUT2D eigenvalue weighted by Gasteiger charge is -2.15. The van der Waals surface area contributed by atoms with Gasteiger partial charge < -0.3 is 5.32 Å². The van der Waals surface area contributed by atoms with Crippen molar-refractivity contribution in [1.82, 2.24) is 0 Å². The van der Waals surface area contributed by atoms with Crippen LogP contribution in [0, 0.1) is 0 Å². The van der Waals surface area contributed by atoms with Crippen LogP contribution in [0.5, 0.6) is 0 Å². The molecule has 0 aromatic heterocycles. The lowest BCUT2D eigenvalue weighted by molar-refractivity contribution is -0.143. The van der Waals surface area contributed by atoms with Gasteiger partial charge in [0.2, 0.25) is 11.8 Å². The van der Waals surface area contributed by atoms with Gasteiger partial charge >= 0.3 is 12.4 Å². The molecule has 30 heavy (non-hydrogen) atoms.